The van der Waals surface area contributed by atoms with Gasteiger partial charge in [-0.05, 0) is 25.3 Å². The second-order valence-corrected chi connectivity index (χ2v) is 4.98. The normalized spacial score (nSPS) is 23.7. The van der Waals surface area contributed by atoms with E-state index in [0.717, 1.165) is 19.4 Å². The van der Waals surface area contributed by atoms with Crippen LogP contribution in [0, 0.1) is 6.92 Å². The third kappa shape index (κ3) is 2.41. The van der Waals surface area contributed by atoms with E-state index in [0.29, 0.717) is 0 Å². The van der Waals surface area contributed by atoms with E-state index in [2.05, 4.69) is 50.4 Å². The number of aryl methyl sites for hydroxylation is 1. The van der Waals surface area contributed by atoms with Crippen molar-refractivity contribution in [3.05, 3.63) is 35.4 Å². The predicted octanol–water partition coefficient (Wildman–Crippen LogP) is 2.61. The SMILES string of the molecule is CCCN1C(=O)C(CC)NC1c1cccc(C)c1. The number of benzene rings is 1. The summed E-state index contributed by atoms with van der Waals surface area (Å²) in [5.74, 6) is 0.242. The summed E-state index contributed by atoms with van der Waals surface area (Å²) < 4.78 is 0. The van der Waals surface area contributed by atoms with Crippen LogP contribution in [0.15, 0.2) is 24.3 Å². The van der Waals surface area contributed by atoms with Crippen LogP contribution < -0.4 is 5.32 Å². The summed E-state index contributed by atoms with van der Waals surface area (Å²) in [6.45, 7) is 7.07. The Morgan fingerprint density at radius 1 is 1.33 bits per heavy atom. The summed E-state index contributed by atoms with van der Waals surface area (Å²) in [4.78, 5) is 14.2. The molecule has 1 heterocycles. The number of hydrogen-bond acceptors (Lipinski definition) is 2. The Balaban J connectivity index is 2.27. The van der Waals surface area contributed by atoms with E-state index in [4.69, 9.17) is 0 Å². The average molecular weight is 246 g/mol. The molecular formula is C15H22N2O. The zero-order valence-electron chi connectivity index (χ0n) is 11.4. The molecule has 3 nitrogen and oxygen atoms in total. The van der Waals surface area contributed by atoms with Crippen molar-refractivity contribution < 1.29 is 4.79 Å². The Morgan fingerprint density at radius 3 is 2.72 bits per heavy atom. The lowest BCUT2D eigenvalue weighted by atomic mass is 10.1. The van der Waals surface area contributed by atoms with Gasteiger partial charge in [0.25, 0.3) is 0 Å². The smallest absolute Gasteiger partial charge is 0.241 e. The zero-order valence-corrected chi connectivity index (χ0v) is 11.4. The van der Waals surface area contributed by atoms with E-state index >= 15 is 0 Å². The lowest BCUT2D eigenvalue weighted by Gasteiger charge is -2.24. The van der Waals surface area contributed by atoms with E-state index in [1.165, 1.54) is 11.1 Å². The van der Waals surface area contributed by atoms with Crippen LogP contribution in [-0.4, -0.2) is 23.4 Å². The molecule has 1 amide bonds. The van der Waals surface area contributed by atoms with Crippen LogP contribution in [0.4, 0.5) is 0 Å². The lowest BCUT2D eigenvalue weighted by molar-refractivity contribution is -0.130. The van der Waals surface area contributed by atoms with Crippen molar-refractivity contribution in [2.24, 2.45) is 0 Å². The van der Waals surface area contributed by atoms with Crippen LogP contribution in [-0.2, 0) is 4.79 Å². The van der Waals surface area contributed by atoms with E-state index in [1.807, 2.05) is 4.90 Å². The molecule has 1 aliphatic rings. The van der Waals surface area contributed by atoms with Crippen LogP contribution >= 0.6 is 0 Å². The maximum atomic E-state index is 12.3. The molecule has 2 atom stereocenters. The van der Waals surface area contributed by atoms with Crippen molar-refractivity contribution in [1.82, 2.24) is 10.2 Å². The van der Waals surface area contributed by atoms with Crippen molar-refractivity contribution in [2.75, 3.05) is 6.54 Å². The van der Waals surface area contributed by atoms with Gasteiger partial charge in [-0.2, -0.15) is 0 Å². The fourth-order valence-electron chi connectivity index (χ4n) is 2.57. The van der Waals surface area contributed by atoms with Gasteiger partial charge in [0, 0.05) is 6.54 Å². The topological polar surface area (TPSA) is 32.3 Å². The van der Waals surface area contributed by atoms with Gasteiger partial charge in [0.15, 0.2) is 0 Å². The number of hydrogen-bond donors (Lipinski definition) is 1. The van der Waals surface area contributed by atoms with Crippen LogP contribution in [0.2, 0.25) is 0 Å². The Hall–Kier alpha value is -1.35. The van der Waals surface area contributed by atoms with E-state index in [-0.39, 0.29) is 18.1 Å². The summed E-state index contributed by atoms with van der Waals surface area (Å²) in [5, 5.41) is 3.45. The molecule has 18 heavy (non-hydrogen) atoms. The second kappa shape index (κ2) is 5.53. The summed E-state index contributed by atoms with van der Waals surface area (Å²) in [6.07, 6.45) is 1.88. The largest absolute Gasteiger partial charge is 0.322 e. The second-order valence-electron chi connectivity index (χ2n) is 4.98. The minimum Gasteiger partial charge on any atom is -0.322 e. The van der Waals surface area contributed by atoms with Gasteiger partial charge in [0.05, 0.1) is 6.04 Å². The van der Waals surface area contributed by atoms with Gasteiger partial charge in [0.2, 0.25) is 5.91 Å². The number of rotatable bonds is 4. The lowest BCUT2D eigenvalue weighted by Crippen LogP contribution is -2.31. The number of nitrogens with one attached hydrogen (secondary N) is 1. The molecule has 98 valence electrons. The van der Waals surface area contributed by atoms with Crippen LogP contribution in [0.25, 0.3) is 0 Å². The van der Waals surface area contributed by atoms with E-state index < -0.39 is 0 Å². The summed E-state index contributed by atoms with van der Waals surface area (Å²) >= 11 is 0. The molecule has 1 saturated heterocycles. The molecule has 1 aromatic rings. The molecule has 1 aliphatic heterocycles. The van der Waals surface area contributed by atoms with Gasteiger partial charge in [-0.25, -0.2) is 0 Å². The molecule has 2 rings (SSSR count). The summed E-state index contributed by atoms with van der Waals surface area (Å²) in [7, 11) is 0. The number of carbonyl (C=O) groups is 1. The van der Waals surface area contributed by atoms with Gasteiger partial charge >= 0.3 is 0 Å². The van der Waals surface area contributed by atoms with Crippen molar-refractivity contribution in [2.45, 2.75) is 45.8 Å². The van der Waals surface area contributed by atoms with Crippen LogP contribution in [0.3, 0.4) is 0 Å². The highest BCUT2D eigenvalue weighted by Crippen LogP contribution is 2.27. The van der Waals surface area contributed by atoms with Crippen molar-refractivity contribution >= 4 is 5.91 Å². The first kappa shape index (κ1) is 13.1. The molecule has 0 saturated carbocycles. The quantitative estimate of drug-likeness (QED) is 0.885. The molecule has 0 aromatic heterocycles. The highest BCUT2D eigenvalue weighted by Gasteiger charge is 2.37. The van der Waals surface area contributed by atoms with Gasteiger partial charge in [-0.1, -0.05) is 43.7 Å². The Bertz CT molecular complexity index is 430. The summed E-state index contributed by atoms with van der Waals surface area (Å²) in [6, 6.07) is 8.37. The van der Waals surface area contributed by atoms with Crippen molar-refractivity contribution in [3.63, 3.8) is 0 Å². The Labute approximate surface area is 109 Å². The molecule has 1 N–H and O–H groups in total. The first-order chi connectivity index (χ1) is 8.67. The predicted molar refractivity (Wildman–Crippen MR) is 73.1 cm³/mol. The standard InChI is InChI=1S/C15H22N2O/c1-4-9-17-14(16-13(5-2)15(17)18)12-8-6-7-11(3)10-12/h6-8,10,13-14,16H,4-5,9H2,1-3H3. The first-order valence-corrected chi connectivity index (χ1v) is 6.80. The highest BCUT2D eigenvalue weighted by molar-refractivity contribution is 5.84. The fourth-order valence-corrected chi connectivity index (χ4v) is 2.57. The third-order valence-electron chi connectivity index (χ3n) is 3.48. The molecule has 2 unspecified atom stereocenters. The minimum atomic E-state index is -0.0259. The molecule has 0 aliphatic carbocycles. The van der Waals surface area contributed by atoms with Crippen LogP contribution in [0.5, 0.6) is 0 Å². The van der Waals surface area contributed by atoms with Gasteiger partial charge < -0.3 is 4.90 Å². The number of amides is 1. The first-order valence-electron chi connectivity index (χ1n) is 6.80. The van der Waals surface area contributed by atoms with Gasteiger partial charge in [-0.3, -0.25) is 10.1 Å². The average Bonchev–Trinajstić information content (AvgIpc) is 2.67. The van der Waals surface area contributed by atoms with E-state index in [9.17, 15) is 4.79 Å². The fraction of sp³-hybridized carbons (Fsp3) is 0.533. The number of nitrogens with zero attached hydrogens (tertiary/aromatic N) is 1. The van der Waals surface area contributed by atoms with Crippen molar-refractivity contribution in [3.8, 4) is 0 Å². The Kier molecular flexibility index (Phi) is 4.02. The number of carbonyl (C=O) groups excluding carboxylic acids is 1. The monoisotopic (exact) mass is 246 g/mol. The zero-order chi connectivity index (χ0) is 13.1. The van der Waals surface area contributed by atoms with Gasteiger partial charge in [0.1, 0.15) is 6.17 Å². The molecular weight excluding hydrogens is 224 g/mol. The molecule has 1 fully saturated rings. The minimum absolute atomic E-state index is 0.0259. The molecule has 0 spiro atoms. The maximum Gasteiger partial charge on any atom is 0.241 e. The van der Waals surface area contributed by atoms with Crippen molar-refractivity contribution in [1.29, 1.82) is 0 Å². The maximum absolute atomic E-state index is 12.3. The third-order valence-corrected chi connectivity index (χ3v) is 3.48. The molecule has 1 aromatic carbocycles. The molecule has 0 radical (unpaired) electrons. The Morgan fingerprint density at radius 2 is 2.11 bits per heavy atom. The van der Waals surface area contributed by atoms with Gasteiger partial charge in [-0.15, -0.1) is 0 Å². The summed E-state index contributed by atoms with van der Waals surface area (Å²) in [5.41, 5.74) is 2.42. The highest BCUT2D eigenvalue weighted by atomic mass is 16.2. The molecule has 0 bridgehead atoms. The van der Waals surface area contributed by atoms with E-state index in [1.54, 1.807) is 0 Å². The van der Waals surface area contributed by atoms with Crippen LogP contribution in [0.1, 0.15) is 44.0 Å². The molecule has 3 heteroatoms.